The van der Waals surface area contributed by atoms with Gasteiger partial charge in [0.25, 0.3) is 0 Å². The van der Waals surface area contributed by atoms with E-state index in [-0.39, 0.29) is 13.2 Å². The second-order valence-corrected chi connectivity index (χ2v) is 6.23. The molecule has 1 aliphatic rings. The first-order valence-electron chi connectivity index (χ1n) is 8.64. The van der Waals surface area contributed by atoms with Crippen LogP contribution in [0.5, 0.6) is 0 Å². The van der Waals surface area contributed by atoms with Crippen molar-refractivity contribution in [1.29, 1.82) is 0 Å². The lowest BCUT2D eigenvalue weighted by atomic mass is 9.85. The highest BCUT2D eigenvalue weighted by atomic mass is 16.6. The molecule has 134 valence electrons. The molecule has 23 heavy (non-hydrogen) atoms. The largest absolute Gasteiger partial charge is 0.464 e. The molecule has 0 aromatic carbocycles. The molecule has 1 fully saturated rings. The fraction of sp³-hybridized carbons (Fsp3) is 0.875. The van der Waals surface area contributed by atoms with Crippen LogP contribution in [0.3, 0.4) is 0 Å². The van der Waals surface area contributed by atoms with Crippen LogP contribution in [0.25, 0.3) is 0 Å². The van der Waals surface area contributed by atoms with Crippen molar-refractivity contribution >= 4 is 12.2 Å². The smallest absolute Gasteiger partial charge is 0.426 e. The number of nitrogens with one attached hydrogen (secondary N) is 1. The van der Waals surface area contributed by atoms with E-state index in [1.807, 2.05) is 6.92 Å². The molecule has 1 saturated carbocycles. The summed E-state index contributed by atoms with van der Waals surface area (Å²) >= 11 is 0. The Kier molecular flexibility index (Phi) is 9.43. The maximum absolute atomic E-state index is 11.5. The number of carbonyl (C=O) groups is 2. The molecule has 0 aromatic heterocycles. The average Bonchev–Trinajstić information content (AvgIpc) is 2.53. The third-order valence-corrected chi connectivity index (χ3v) is 4.21. The molecule has 0 spiro atoms. The highest BCUT2D eigenvalue weighted by Gasteiger charge is 2.21. The highest BCUT2D eigenvalue weighted by molar-refractivity contribution is 5.72. The van der Waals surface area contributed by atoms with Gasteiger partial charge in [-0.3, -0.25) is 0 Å². The first kappa shape index (κ1) is 19.5. The number of carbonyl (C=O) groups excluding carboxylic acids is 1. The summed E-state index contributed by atoms with van der Waals surface area (Å²) in [6.45, 7) is 2.07. The van der Waals surface area contributed by atoms with Crippen molar-refractivity contribution in [2.24, 2.45) is 5.92 Å². The Labute approximate surface area is 138 Å². The van der Waals surface area contributed by atoms with Crippen molar-refractivity contribution in [1.82, 2.24) is 10.4 Å². The van der Waals surface area contributed by atoms with Gasteiger partial charge in [0.15, 0.2) is 0 Å². The molecule has 0 saturated heterocycles. The van der Waals surface area contributed by atoms with E-state index in [2.05, 4.69) is 5.43 Å². The molecule has 1 rings (SSSR count). The predicted octanol–water partition coefficient (Wildman–Crippen LogP) is 3.13. The van der Waals surface area contributed by atoms with Gasteiger partial charge in [0.2, 0.25) is 0 Å². The summed E-state index contributed by atoms with van der Waals surface area (Å²) in [4.78, 5) is 22.7. The van der Waals surface area contributed by atoms with Gasteiger partial charge in [0.05, 0.1) is 19.3 Å². The topological polar surface area (TPSA) is 99.1 Å². The summed E-state index contributed by atoms with van der Waals surface area (Å²) in [5.74, 6) is 0.628. The van der Waals surface area contributed by atoms with Crippen molar-refractivity contribution in [2.45, 2.75) is 70.8 Å². The Morgan fingerprint density at radius 2 is 2.00 bits per heavy atom. The predicted molar refractivity (Wildman–Crippen MR) is 85.9 cm³/mol. The number of unbranched alkanes of at least 4 members (excludes halogenated alkanes) is 1. The lowest BCUT2D eigenvalue weighted by Gasteiger charge is -2.25. The van der Waals surface area contributed by atoms with Crippen LogP contribution >= 0.6 is 0 Å². The number of aliphatic hydroxyl groups is 1. The summed E-state index contributed by atoms with van der Waals surface area (Å²) in [6, 6.07) is 0. The lowest BCUT2D eigenvalue weighted by molar-refractivity contribution is 0.0558. The zero-order valence-electron chi connectivity index (χ0n) is 14.0. The van der Waals surface area contributed by atoms with Gasteiger partial charge >= 0.3 is 12.2 Å². The van der Waals surface area contributed by atoms with Crippen LogP contribution < -0.4 is 5.43 Å². The normalized spacial score (nSPS) is 16.6. The third-order valence-electron chi connectivity index (χ3n) is 4.21. The Balaban J connectivity index is 2.29. The summed E-state index contributed by atoms with van der Waals surface area (Å²) in [5.41, 5.74) is 2.16. The molecule has 0 radical (unpaired) electrons. The molecule has 7 nitrogen and oxygen atoms in total. The Morgan fingerprint density at radius 3 is 2.61 bits per heavy atom. The van der Waals surface area contributed by atoms with Gasteiger partial charge in [-0.1, -0.05) is 45.4 Å². The highest BCUT2D eigenvalue weighted by Crippen LogP contribution is 2.27. The van der Waals surface area contributed by atoms with E-state index in [9.17, 15) is 14.7 Å². The average molecular weight is 330 g/mol. The maximum atomic E-state index is 11.5. The monoisotopic (exact) mass is 330 g/mol. The number of ether oxygens (including phenoxy) is 1. The first-order valence-corrected chi connectivity index (χ1v) is 8.64. The minimum absolute atomic E-state index is 0.148. The van der Waals surface area contributed by atoms with E-state index >= 15 is 0 Å². The molecule has 2 amide bonds. The van der Waals surface area contributed by atoms with Crippen LogP contribution in [0.1, 0.15) is 64.7 Å². The molecule has 0 heterocycles. The fourth-order valence-corrected chi connectivity index (χ4v) is 2.83. The SMILES string of the molecule is CCCCOC(=O)NN(CC(O)CCC1CCCCC1)C(=O)O. The van der Waals surface area contributed by atoms with Crippen LogP contribution in [0.15, 0.2) is 0 Å². The molecule has 7 heteroatoms. The summed E-state index contributed by atoms with van der Waals surface area (Å²) in [6.07, 6.45) is 6.31. The number of hydrazine groups is 1. The van der Waals surface area contributed by atoms with E-state index in [0.29, 0.717) is 17.3 Å². The second kappa shape index (κ2) is 11.1. The van der Waals surface area contributed by atoms with Gasteiger partial charge in [-0.2, -0.15) is 0 Å². The number of carboxylic acid groups (broad SMARTS) is 1. The number of aliphatic hydroxyl groups excluding tert-OH is 1. The van der Waals surface area contributed by atoms with E-state index < -0.39 is 18.3 Å². The zero-order valence-corrected chi connectivity index (χ0v) is 14.0. The van der Waals surface area contributed by atoms with Gasteiger partial charge in [0.1, 0.15) is 0 Å². The Hall–Kier alpha value is -1.50. The summed E-state index contributed by atoms with van der Waals surface area (Å²) < 4.78 is 4.86. The van der Waals surface area contributed by atoms with Crippen molar-refractivity contribution in [3.8, 4) is 0 Å². The van der Waals surface area contributed by atoms with Gasteiger partial charge in [-0.05, 0) is 25.2 Å². The molecule has 1 atom stereocenters. The third kappa shape index (κ3) is 8.64. The number of hydrogen-bond acceptors (Lipinski definition) is 4. The Bertz CT molecular complexity index is 358. The van der Waals surface area contributed by atoms with E-state index in [0.717, 1.165) is 19.3 Å². The van der Waals surface area contributed by atoms with E-state index in [1.165, 1.54) is 32.1 Å². The molecular weight excluding hydrogens is 300 g/mol. The van der Waals surface area contributed by atoms with Gasteiger partial charge in [0, 0.05) is 0 Å². The molecule has 3 N–H and O–H groups in total. The molecular formula is C16H30N2O5. The molecule has 0 bridgehead atoms. The lowest BCUT2D eigenvalue weighted by Crippen LogP contribution is -2.49. The van der Waals surface area contributed by atoms with E-state index in [4.69, 9.17) is 9.84 Å². The summed E-state index contributed by atoms with van der Waals surface area (Å²) in [7, 11) is 0. The van der Waals surface area contributed by atoms with Crippen molar-refractivity contribution in [3.63, 3.8) is 0 Å². The van der Waals surface area contributed by atoms with Crippen molar-refractivity contribution in [3.05, 3.63) is 0 Å². The van der Waals surface area contributed by atoms with E-state index in [1.54, 1.807) is 0 Å². The van der Waals surface area contributed by atoms with Crippen LogP contribution in [0.2, 0.25) is 0 Å². The molecule has 0 aliphatic heterocycles. The number of nitrogens with zero attached hydrogens (tertiary/aromatic N) is 1. The summed E-state index contributed by atoms with van der Waals surface area (Å²) in [5, 5.41) is 19.8. The van der Waals surface area contributed by atoms with Crippen molar-refractivity contribution in [2.75, 3.05) is 13.2 Å². The van der Waals surface area contributed by atoms with Crippen LogP contribution in [0, 0.1) is 5.92 Å². The number of hydrogen-bond donors (Lipinski definition) is 3. The molecule has 0 aromatic rings. The Morgan fingerprint density at radius 1 is 1.30 bits per heavy atom. The minimum Gasteiger partial charge on any atom is -0.464 e. The molecule has 1 aliphatic carbocycles. The first-order chi connectivity index (χ1) is 11.0. The number of amides is 2. The zero-order chi connectivity index (χ0) is 17.1. The van der Waals surface area contributed by atoms with Crippen LogP contribution in [-0.4, -0.2) is 46.7 Å². The maximum Gasteiger partial charge on any atom is 0.426 e. The molecule has 1 unspecified atom stereocenters. The number of rotatable bonds is 8. The van der Waals surface area contributed by atoms with Gasteiger partial charge in [-0.15, -0.1) is 0 Å². The van der Waals surface area contributed by atoms with Gasteiger partial charge in [-0.25, -0.2) is 20.0 Å². The fourth-order valence-electron chi connectivity index (χ4n) is 2.83. The van der Waals surface area contributed by atoms with Crippen LogP contribution in [0.4, 0.5) is 9.59 Å². The standard InChI is InChI=1S/C16H30N2O5/c1-2-3-11-23-15(20)17-18(16(21)22)12-14(19)10-9-13-7-5-4-6-8-13/h13-14,19H,2-12H2,1H3,(H,17,20)(H,21,22). The van der Waals surface area contributed by atoms with Crippen molar-refractivity contribution < 1.29 is 24.5 Å². The second-order valence-electron chi connectivity index (χ2n) is 6.23. The van der Waals surface area contributed by atoms with Crippen LogP contribution in [-0.2, 0) is 4.74 Å². The van der Waals surface area contributed by atoms with Gasteiger partial charge < -0.3 is 14.9 Å². The quantitative estimate of drug-likeness (QED) is 0.469. The minimum atomic E-state index is -1.31.